The van der Waals surface area contributed by atoms with Crippen molar-refractivity contribution in [3.05, 3.63) is 71.8 Å². The van der Waals surface area contributed by atoms with Crippen LogP contribution in [-0.2, 0) is 46.4 Å². The summed E-state index contributed by atoms with van der Waals surface area (Å²) in [5.74, 6) is -2.07. The normalized spacial score (nSPS) is 28.4. The highest BCUT2D eigenvalue weighted by Crippen LogP contribution is 2.47. The molecule has 2 bridgehead atoms. The molecule has 2 aromatic rings. The number of ether oxygens (including phenoxy) is 4. The first kappa shape index (κ1) is 29.9. The van der Waals surface area contributed by atoms with Gasteiger partial charge in [0.15, 0.2) is 12.0 Å². The third-order valence-corrected chi connectivity index (χ3v) is 7.68. The molecule has 5 saturated heterocycles. The van der Waals surface area contributed by atoms with Crippen LogP contribution in [0.15, 0.2) is 60.7 Å². The van der Waals surface area contributed by atoms with Crippen molar-refractivity contribution in [3.8, 4) is 0 Å². The fourth-order valence-corrected chi connectivity index (χ4v) is 5.98. The van der Waals surface area contributed by atoms with Crippen LogP contribution in [0.1, 0.15) is 45.7 Å². The number of fused-ring (bicyclic) bond motifs is 1. The van der Waals surface area contributed by atoms with Crippen LogP contribution < -0.4 is 5.32 Å². The number of nitrogens with one attached hydrogen (secondary N) is 1. The van der Waals surface area contributed by atoms with E-state index in [0.29, 0.717) is 0 Å². The van der Waals surface area contributed by atoms with Crippen molar-refractivity contribution in [2.45, 2.75) is 95.6 Å². The van der Waals surface area contributed by atoms with Gasteiger partial charge in [-0.15, -0.1) is 0 Å². The summed E-state index contributed by atoms with van der Waals surface area (Å²) in [4.78, 5) is 60.6. The zero-order valence-electron chi connectivity index (χ0n) is 25.2. The maximum Gasteiger partial charge on any atom is 0.436 e. The highest BCUT2D eigenvalue weighted by atomic mass is 16.8. The maximum atomic E-state index is 13.8. The first-order chi connectivity index (χ1) is 20.8. The molecule has 0 spiro atoms. The molecule has 5 heterocycles. The molecule has 44 heavy (non-hydrogen) atoms. The Bertz CT molecular complexity index is 1430. The lowest BCUT2D eigenvalue weighted by Crippen LogP contribution is -2.78. The van der Waals surface area contributed by atoms with E-state index in [0.717, 1.165) is 21.2 Å². The lowest BCUT2D eigenvalue weighted by atomic mass is 9.87. The van der Waals surface area contributed by atoms with Crippen molar-refractivity contribution >= 4 is 24.0 Å². The van der Waals surface area contributed by atoms with Crippen molar-refractivity contribution in [1.29, 1.82) is 0 Å². The molecule has 7 rings (SSSR count). The summed E-state index contributed by atoms with van der Waals surface area (Å²) in [7, 11) is 0. The first-order valence-electron chi connectivity index (χ1n) is 14.5. The predicted molar refractivity (Wildman–Crippen MR) is 152 cm³/mol. The Hall–Kier alpha value is -4.20. The summed E-state index contributed by atoms with van der Waals surface area (Å²) in [5.41, 5.74) is 0.562. The van der Waals surface area contributed by atoms with Gasteiger partial charge < -0.3 is 24.3 Å². The Balaban J connectivity index is 1.35. The molecule has 5 aliphatic heterocycles. The molecule has 0 aromatic heterocycles. The van der Waals surface area contributed by atoms with E-state index in [9.17, 15) is 19.2 Å². The molecule has 0 unspecified atom stereocenters. The van der Waals surface area contributed by atoms with Gasteiger partial charge in [-0.3, -0.25) is 14.4 Å². The maximum absolute atomic E-state index is 13.8. The summed E-state index contributed by atoms with van der Waals surface area (Å²) in [6.45, 7) is 8.41. The number of amides is 4. The van der Waals surface area contributed by atoms with Crippen LogP contribution in [0.5, 0.6) is 0 Å². The number of hydrogen-bond donors (Lipinski definition) is 1. The second-order valence-electron chi connectivity index (χ2n) is 12.6. The number of benzene rings is 2. The number of nitrogens with zero attached hydrogens (tertiary/aromatic N) is 3. The first-order valence-corrected chi connectivity index (χ1v) is 14.5. The molecule has 0 aliphatic carbocycles. The predicted octanol–water partition coefficient (Wildman–Crippen LogP) is 2.89. The van der Waals surface area contributed by atoms with E-state index in [1.54, 1.807) is 46.8 Å². The van der Waals surface area contributed by atoms with Crippen molar-refractivity contribution in [2.24, 2.45) is 0 Å². The quantitative estimate of drug-likeness (QED) is 0.508. The van der Waals surface area contributed by atoms with E-state index in [-0.39, 0.29) is 13.0 Å². The second-order valence-corrected chi connectivity index (χ2v) is 12.6. The fraction of sp³-hybridized carbons (Fsp3) is 0.484. The second kappa shape index (κ2) is 11.1. The van der Waals surface area contributed by atoms with E-state index in [2.05, 4.69) is 5.32 Å². The molecule has 6 atom stereocenters. The van der Waals surface area contributed by atoms with Crippen LogP contribution in [0.25, 0.3) is 0 Å². The van der Waals surface area contributed by atoms with Crippen LogP contribution >= 0.6 is 0 Å². The van der Waals surface area contributed by atoms with Crippen molar-refractivity contribution < 1.29 is 43.0 Å². The van der Waals surface area contributed by atoms with Gasteiger partial charge in [-0.25, -0.2) is 14.6 Å². The summed E-state index contributed by atoms with van der Waals surface area (Å²) >= 11 is 0. The molecule has 2 aromatic carbocycles. The van der Waals surface area contributed by atoms with Gasteiger partial charge in [-0.05, 0) is 45.7 Å². The monoisotopic (exact) mass is 608 g/mol. The van der Waals surface area contributed by atoms with Crippen molar-refractivity contribution in [3.63, 3.8) is 0 Å². The van der Waals surface area contributed by atoms with Crippen LogP contribution in [-0.4, -0.2) is 87.0 Å². The Morgan fingerprint density at radius 3 is 2.14 bits per heavy atom. The molecule has 1 N–H and O–H groups in total. The average Bonchev–Trinajstić information content (AvgIpc) is 3.18. The summed E-state index contributed by atoms with van der Waals surface area (Å²) in [6.07, 6.45) is -5.87. The molecule has 5 fully saturated rings. The Labute approximate surface area is 254 Å². The average molecular weight is 609 g/mol. The van der Waals surface area contributed by atoms with Crippen LogP contribution in [0.2, 0.25) is 0 Å². The smallest absolute Gasteiger partial charge is 0.436 e. The van der Waals surface area contributed by atoms with Gasteiger partial charge in [0.2, 0.25) is 5.91 Å². The SMILES string of the molecule is CC(C)(C)OC(=O)N1[C@H]2[C@@H]3OC(C)(C)O[C@@H]3[C@@H](ON2C(=O)OCc2ccccc2)[C@@H]2[C@H](NC(=O)Cc3ccccc3)C(=O)N21. The van der Waals surface area contributed by atoms with Crippen LogP contribution in [0, 0.1) is 0 Å². The summed E-state index contributed by atoms with van der Waals surface area (Å²) < 4.78 is 23.8. The number of carbonyl (C=O) groups is 4. The molecule has 0 radical (unpaired) electrons. The Morgan fingerprint density at radius 2 is 1.50 bits per heavy atom. The van der Waals surface area contributed by atoms with E-state index in [1.165, 1.54) is 5.01 Å². The zero-order valence-corrected chi connectivity index (χ0v) is 25.2. The summed E-state index contributed by atoms with van der Waals surface area (Å²) in [5, 5.41) is 5.94. The number of rotatable bonds is 5. The minimum absolute atomic E-state index is 0.0396. The molecule has 13 nitrogen and oxygen atoms in total. The van der Waals surface area contributed by atoms with Gasteiger partial charge in [0.1, 0.15) is 42.6 Å². The van der Waals surface area contributed by atoms with Crippen LogP contribution in [0.4, 0.5) is 9.59 Å². The van der Waals surface area contributed by atoms with Gasteiger partial charge in [-0.2, -0.15) is 10.1 Å². The lowest BCUT2D eigenvalue weighted by Gasteiger charge is -2.50. The number of hydrogen-bond acceptors (Lipinski definition) is 9. The Morgan fingerprint density at radius 1 is 0.886 bits per heavy atom. The van der Waals surface area contributed by atoms with Gasteiger partial charge in [0.05, 0.1) is 6.42 Å². The lowest BCUT2D eigenvalue weighted by molar-refractivity contribution is -0.275. The molecule has 234 valence electrons. The number of β-lactam (4-membered cyclic amide) rings is 1. The number of carbonyl (C=O) groups excluding carboxylic acids is 4. The molecular formula is C31H36N4O9. The van der Waals surface area contributed by atoms with E-state index in [1.807, 2.05) is 48.5 Å². The minimum Gasteiger partial charge on any atom is -0.443 e. The van der Waals surface area contributed by atoms with Crippen molar-refractivity contribution in [1.82, 2.24) is 20.4 Å². The van der Waals surface area contributed by atoms with Gasteiger partial charge >= 0.3 is 12.2 Å². The largest absolute Gasteiger partial charge is 0.443 e. The highest BCUT2D eigenvalue weighted by Gasteiger charge is 2.72. The topological polar surface area (TPSA) is 136 Å². The van der Waals surface area contributed by atoms with Gasteiger partial charge in [-0.1, -0.05) is 60.7 Å². The molecule has 5 aliphatic rings. The summed E-state index contributed by atoms with van der Waals surface area (Å²) in [6, 6.07) is 16.2. The fourth-order valence-electron chi connectivity index (χ4n) is 5.98. The highest BCUT2D eigenvalue weighted by molar-refractivity contribution is 5.95. The van der Waals surface area contributed by atoms with Crippen LogP contribution in [0.3, 0.4) is 0 Å². The zero-order chi connectivity index (χ0) is 31.4. The molecule has 4 amide bonds. The number of hydroxylamine groups is 2. The Kier molecular flexibility index (Phi) is 7.50. The minimum atomic E-state index is -1.33. The third-order valence-electron chi connectivity index (χ3n) is 7.68. The number of hydrazine groups is 1. The van der Waals surface area contributed by atoms with E-state index >= 15 is 0 Å². The standard InChI is InChI=1S/C31H36N4O9/c1-30(2,3)43-28(38)34-26-25-24(41-31(4,5)42-25)23(44-35(26)29(39)40-17-19-14-10-7-11-15-19)22-21(27(37)33(22)34)32-20(36)16-18-12-8-6-9-13-18/h6-15,21-26H,16-17H2,1-5H3,(H,32,36)/t21-,22-,23-,24+,25+,26+/m0/s1. The molecule has 13 heteroatoms. The van der Waals surface area contributed by atoms with E-state index < -0.39 is 72.0 Å². The third kappa shape index (κ3) is 5.58. The van der Waals surface area contributed by atoms with E-state index in [4.69, 9.17) is 23.8 Å². The van der Waals surface area contributed by atoms with Gasteiger partial charge in [0, 0.05) is 0 Å². The van der Waals surface area contributed by atoms with Gasteiger partial charge in [0.25, 0.3) is 5.91 Å². The van der Waals surface area contributed by atoms with Crippen molar-refractivity contribution in [2.75, 3.05) is 0 Å². The molecule has 0 saturated carbocycles. The molecular weight excluding hydrogens is 572 g/mol.